The molecule has 0 saturated heterocycles. The van der Waals surface area contributed by atoms with Crippen LogP contribution in [-0.2, 0) is 14.9 Å². The summed E-state index contributed by atoms with van der Waals surface area (Å²) in [4.78, 5) is 12.3. The second-order valence-electron chi connectivity index (χ2n) is 13.4. The molecule has 39 heavy (non-hydrogen) atoms. The van der Waals surface area contributed by atoms with E-state index in [0.29, 0.717) is 36.0 Å². The summed E-state index contributed by atoms with van der Waals surface area (Å²) in [6, 6.07) is 5.70. The standard InChI is InChI=1S/C30H45NO6S.Na/c1-18(8-13-28(34)31-25-6-4-5-7-26(25)38(35,36)37)22-11-12-23-21-10-9-19-16-20(32)14-15-29(19,2)24(21)17-27(33)30(22,23)3;/h4-7,18-24,27,32-33H,8-17H2,1-3H3,(H,31,34)(H,35,36,37);/q;+1/p-1/t18-,19-,20-,21+,22-,23+,24+,27+,29+,30-;/m1./s1. The van der Waals surface area contributed by atoms with E-state index >= 15 is 0 Å². The fourth-order valence-corrected chi connectivity index (χ4v) is 10.4. The second kappa shape index (κ2) is 11.7. The fourth-order valence-electron chi connectivity index (χ4n) is 9.72. The van der Waals surface area contributed by atoms with Crippen LogP contribution >= 0.6 is 0 Å². The molecular weight excluding hydrogens is 525 g/mol. The van der Waals surface area contributed by atoms with Crippen molar-refractivity contribution in [1.82, 2.24) is 0 Å². The molecular formula is C30H44NNaO6S. The summed E-state index contributed by atoms with van der Waals surface area (Å²) in [7, 11) is -4.68. The Morgan fingerprint density at radius 3 is 2.51 bits per heavy atom. The van der Waals surface area contributed by atoms with Crippen LogP contribution in [0.25, 0.3) is 0 Å². The number of para-hydroxylation sites is 1. The van der Waals surface area contributed by atoms with Crippen molar-refractivity contribution in [1.29, 1.82) is 0 Å². The van der Waals surface area contributed by atoms with Crippen LogP contribution in [0.3, 0.4) is 0 Å². The molecule has 1 aromatic carbocycles. The Labute approximate surface area is 256 Å². The van der Waals surface area contributed by atoms with Gasteiger partial charge in [0.25, 0.3) is 0 Å². The zero-order valence-corrected chi connectivity index (χ0v) is 26.8. The van der Waals surface area contributed by atoms with Gasteiger partial charge in [0.2, 0.25) is 5.91 Å². The van der Waals surface area contributed by atoms with Crippen molar-refractivity contribution < 1.29 is 57.5 Å². The molecule has 212 valence electrons. The molecule has 0 aromatic heterocycles. The van der Waals surface area contributed by atoms with Crippen molar-refractivity contribution >= 4 is 21.7 Å². The summed E-state index contributed by atoms with van der Waals surface area (Å²) in [6.07, 6.45) is 8.56. The van der Waals surface area contributed by atoms with Gasteiger partial charge in [-0.15, -0.1) is 0 Å². The molecule has 4 aliphatic rings. The third-order valence-corrected chi connectivity index (χ3v) is 12.7. The molecule has 0 unspecified atom stereocenters. The minimum atomic E-state index is -4.68. The molecule has 1 amide bonds. The van der Waals surface area contributed by atoms with Crippen molar-refractivity contribution in [3.05, 3.63) is 24.3 Å². The summed E-state index contributed by atoms with van der Waals surface area (Å²) in [5.74, 6) is 2.42. The minimum Gasteiger partial charge on any atom is -0.744 e. The molecule has 3 N–H and O–H groups in total. The van der Waals surface area contributed by atoms with Crippen LogP contribution in [0.1, 0.15) is 85.0 Å². The average molecular weight is 570 g/mol. The van der Waals surface area contributed by atoms with Gasteiger partial charge >= 0.3 is 29.6 Å². The van der Waals surface area contributed by atoms with Crippen LogP contribution in [0.4, 0.5) is 5.69 Å². The summed E-state index contributed by atoms with van der Waals surface area (Å²) in [5.41, 5.74) is 0.0683. The summed E-state index contributed by atoms with van der Waals surface area (Å²) < 4.78 is 34.6. The van der Waals surface area contributed by atoms with Crippen molar-refractivity contribution in [2.24, 2.45) is 46.3 Å². The quantitative estimate of drug-likeness (QED) is 0.355. The number of amides is 1. The SMILES string of the molecule is C[C@H](CCC(=O)Nc1ccccc1S(=O)(=O)[O-])[C@H]1CC[C@H]2[C@@H]3CC[C@@H]4C[C@H](O)CC[C@]4(C)[C@H]3C[C@H](O)[C@]12C.[Na+]. The molecule has 0 bridgehead atoms. The first kappa shape index (κ1) is 31.5. The molecule has 0 spiro atoms. The van der Waals surface area contributed by atoms with Crippen LogP contribution in [0.15, 0.2) is 29.2 Å². The van der Waals surface area contributed by atoms with Crippen LogP contribution in [0.5, 0.6) is 0 Å². The van der Waals surface area contributed by atoms with Crippen LogP contribution < -0.4 is 34.9 Å². The molecule has 4 aliphatic carbocycles. The number of carbonyl (C=O) groups excluding carboxylic acids is 1. The Balaban J connectivity index is 0.00000353. The molecule has 9 heteroatoms. The average Bonchev–Trinajstić information content (AvgIpc) is 3.22. The van der Waals surface area contributed by atoms with Crippen LogP contribution in [-0.4, -0.2) is 41.3 Å². The van der Waals surface area contributed by atoms with Gasteiger partial charge in [-0.25, -0.2) is 8.42 Å². The van der Waals surface area contributed by atoms with E-state index in [4.69, 9.17) is 0 Å². The second-order valence-corrected chi connectivity index (χ2v) is 14.7. The maximum atomic E-state index is 12.7. The largest absolute Gasteiger partial charge is 1.00 e. The summed E-state index contributed by atoms with van der Waals surface area (Å²) in [5, 5.41) is 24.6. The maximum absolute atomic E-state index is 12.7. The smallest absolute Gasteiger partial charge is 0.744 e. The van der Waals surface area contributed by atoms with Gasteiger partial charge in [0.1, 0.15) is 10.1 Å². The van der Waals surface area contributed by atoms with Crippen LogP contribution in [0.2, 0.25) is 0 Å². The van der Waals surface area contributed by atoms with Crippen molar-refractivity contribution in [2.75, 3.05) is 5.32 Å². The number of carbonyl (C=O) groups is 1. The van der Waals surface area contributed by atoms with Gasteiger partial charge in [0.05, 0.1) is 22.8 Å². The van der Waals surface area contributed by atoms with Crippen LogP contribution in [0, 0.1) is 46.3 Å². The number of nitrogens with one attached hydrogen (secondary N) is 1. The Morgan fingerprint density at radius 2 is 1.79 bits per heavy atom. The summed E-state index contributed by atoms with van der Waals surface area (Å²) >= 11 is 0. The molecule has 0 aliphatic heterocycles. The van der Waals surface area contributed by atoms with Gasteiger partial charge in [-0.3, -0.25) is 4.79 Å². The first-order chi connectivity index (χ1) is 17.9. The molecule has 5 rings (SSSR count). The predicted octanol–water partition coefficient (Wildman–Crippen LogP) is 1.94. The van der Waals surface area contributed by atoms with E-state index in [2.05, 4.69) is 26.1 Å². The van der Waals surface area contributed by atoms with Crippen molar-refractivity contribution in [3.63, 3.8) is 0 Å². The zero-order chi connectivity index (χ0) is 27.5. The molecule has 4 saturated carbocycles. The van der Waals surface area contributed by atoms with E-state index in [1.807, 2.05) is 0 Å². The van der Waals surface area contributed by atoms with E-state index in [9.17, 15) is 28.0 Å². The van der Waals surface area contributed by atoms with Gasteiger partial charge in [0.15, 0.2) is 0 Å². The maximum Gasteiger partial charge on any atom is 1.00 e. The van der Waals surface area contributed by atoms with E-state index < -0.39 is 15.0 Å². The number of fused-ring (bicyclic) bond motifs is 5. The number of hydrogen-bond acceptors (Lipinski definition) is 6. The van der Waals surface area contributed by atoms with E-state index in [0.717, 1.165) is 38.5 Å². The summed E-state index contributed by atoms with van der Waals surface area (Å²) in [6.45, 7) is 6.90. The number of anilines is 1. The normalized spacial score (nSPS) is 40.4. The van der Waals surface area contributed by atoms with E-state index in [1.165, 1.54) is 31.0 Å². The molecule has 1 aromatic rings. The zero-order valence-electron chi connectivity index (χ0n) is 23.9. The number of aliphatic hydroxyl groups excluding tert-OH is 2. The Bertz CT molecular complexity index is 1160. The fraction of sp³-hybridized carbons (Fsp3) is 0.767. The minimum absolute atomic E-state index is 0. The third-order valence-electron chi connectivity index (χ3n) is 11.8. The molecule has 7 nitrogen and oxygen atoms in total. The topological polar surface area (TPSA) is 127 Å². The Morgan fingerprint density at radius 1 is 1.08 bits per heavy atom. The first-order valence-corrected chi connectivity index (χ1v) is 16.0. The van der Waals surface area contributed by atoms with E-state index in [1.54, 1.807) is 6.07 Å². The van der Waals surface area contributed by atoms with Gasteiger partial charge in [-0.1, -0.05) is 32.9 Å². The number of rotatable bonds is 6. The monoisotopic (exact) mass is 569 g/mol. The van der Waals surface area contributed by atoms with Crippen molar-refractivity contribution in [2.45, 2.75) is 102 Å². The Hall–Kier alpha value is -0.480. The number of benzene rings is 1. The molecule has 4 fully saturated rings. The number of aliphatic hydroxyl groups is 2. The van der Waals surface area contributed by atoms with Gasteiger partial charge < -0.3 is 20.1 Å². The first-order valence-electron chi connectivity index (χ1n) is 14.6. The number of hydrogen-bond donors (Lipinski definition) is 3. The van der Waals surface area contributed by atoms with Gasteiger partial charge in [0, 0.05) is 6.42 Å². The predicted molar refractivity (Wildman–Crippen MR) is 144 cm³/mol. The Kier molecular flexibility index (Phi) is 9.40. The molecule has 10 atom stereocenters. The third kappa shape index (κ3) is 5.65. The van der Waals surface area contributed by atoms with Gasteiger partial charge in [-0.05, 0) is 116 Å². The molecule has 0 radical (unpaired) electrons. The van der Waals surface area contributed by atoms with E-state index in [-0.39, 0.29) is 76.5 Å². The molecule has 0 heterocycles. The van der Waals surface area contributed by atoms with Crippen molar-refractivity contribution in [3.8, 4) is 0 Å². The van der Waals surface area contributed by atoms with Gasteiger partial charge in [-0.2, -0.15) is 0 Å².